The Bertz CT molecular complexity index is 468. The monoisotopic (exact) mass is 337 g/mol. The molecule has 1 atom stereocenters. The van der Waals surface area contributed by atoms with Gasteiger partial charge in [0.2, 0.25) is 5.91 Å². The van der Waals surface area contributed by atoms with Gasteiger partial charge in [-0.3, -0.25) is 9.59 Å². The third-order valence-corrected chi connectivity index (χ3v) is 5.37. The van der Waals surface area contributed by atoms with E-state index in [0.717, 1.165) is 45.6 Å². The summed E-state index contributed by atoms with van der Waals surface area (Å²) in [5.41, 5.74) is -0.846. The minimum atomic E-state index is -0.846. The van der Waals surface area contributed by atoms with Crippen LogP contribution in [0.3, 0.4) is 0 Å². The molecule has 0 radical (unpaired) electrons. The first kappa shape index (κ1) is 18.9. The fraction of sp³-hybridized carbons (Fsp3) is 0.778. The molecule has 0 aromatic rings. The van der Waals surface area contributed by atoms with Gasteiger partial charge in [-0.2, -0.15) is 0 Å². The lowest BCUT2D eigenvalue weighted by molar-refractivity contribution is -0.154. The minimum Gasteiger partial charge on any atom is -0.481 e. The van der Waals surface area contributed by atoms with Gasteiger partial charge in [-0.05, 0) is 45.8 Å². The highest BCUT2D eigenvalue weighted by Crippen LogP contribution is 2.34. The number of likely N-dealkylation sites (N-methyl/N-ethyl adjacent to an activating group) is 1. The van der Waals surface area contributed by atoms with E-state index >= 15 is 0 Å². The van der Waals surface area contributed by atoms with Crippen LogP contribution in [-0.2, 0) is 9.59 Å². The molecule has 1 amide bonds. The number of nitrogens with zero attached hydrogens (tertiary/aromatic N) is 3. The van der Waals surface area contributed by atoms with Gasteiger partial charge in [-0.25, -0.2) is 0 Å². The van der Waals surface area contributed by atoms with Crippen LogP contribution in [0.4, 0.5) is 0 Å². The molecule has 0 aromatic heterocycles. The van der Waals surface area contributed by atoms with Crippen molar-refractivity contribution in [2.45, 2.75) is 32.1 Å². The lowest BCUT2D eigenvalue weighted by Crippen LogP contribution is -2.50. The number of allylic oxidation sites excluding steroid dienone is 1. The van der Waals surface area contributed by atoms with E-state index in [0.29, 0.717) is 32.4 Å². The van der Waals surface area contributed by atoms with E-state index in [9.17, 15) is 14.7 Å². The minimum absolute atomic E-state index is 0.0852. The van der Waals surface area contributed by atoms with Crippen molar-refractivity contribution in [3.63, 3.8) is 0 Å². The van der Waals surface area contributed by atoms with Crippen molar-refractivity contribution in [1.29, 1.82) is 0 Å². The van der Waals surface area contributed by atoms with Gasteiger partial charge in [0.1, 0.15) is 0 Å². The Labute approximate surface area is 145 Å². The summed E-state index contributed by atoms with van der Waals surface area (Å²) in [5.74, 6) is -0.725. The third-order valence-electron chi connectivity index (χ3n) is 5.37. The Kier molecular flexibility index (Phi) is 6.80. The van der Waals surface area contributed by atoms with E-state index in [1.807, 2.05) is 0 Å². The van der Waals surface area contributed by atoms with Gasteiger partial charge in [0.15, 0.2) is 0 Å². The number of carboxylic acids is 1. The van der Waals surface area contributed by atoms with Crippen molar-refractivity contribution < 1.29 is 14.7 Å². The van der Waals surface area contributed by atoms with Crippen LogP contribution in [0.1, 0.15) is 32.1 Å². The van der Waals surface area contributed by atoms with Crippen LogP contribution >= 0.6 is 0 Å². The Morgan fingerprint density at radius 1 is 1.17 bits per heavy atom. The van der Waals surface area contributed by atoms with Crippen molar-refractivity contribution in [3.05, 3.63) is 12.7 Å². The van der Waals surface area contributed by atoms with E-state index in [-0.39, 0.29) is 5.91 Å². The van der Waals surface area contributed by atoms with Gasteiger partial charge < -0.3 is 19.8 Å². The summed E-state index contributed by atoms with van der Waals surface area (Å²) in [6, 6.07) is 0. The normalized spacial score (nSPS) is 26.8. The van der Waals surface area contributed by atoms with Crippen LogP contribution in [0, 0.1) is 5.41 Å². The van der Waals surface area contributed by atoms with Crippen molar-refractivity contribution in [3.8, 4) is 0 Å². The maximum absolute atomic E-state index is 12.6. The van der Waals surface area contributed by atoms with E-state index < -0.39 is 11.4 Å². The standard InChI is InChI=1S/C18H31N3O3/c1-3-7-18(17(23)24)8-4-11-21(15-18)16(22)6-12-20-10-5-9-19(2)13-14-20/h3H,1,4-15H2,2H3,(H,23,24)/t18-/m0/s1. The number of hydrogen-bond acceptors (Lipinski definition) is 4. The number of hydrogen-bond donors (Lipinski definition) is 1. The summed E-state index contributed by atoms with van der Waals surface area (Å²) in [6.07, 6.45) is 5.07. The molecule has 0 spiro atoms. The third kappa shape index (κ3) is 4.80. The van der Waals surface area contributed by atoms with Crippen LogP contribution in [-0.4, -0.2) is 84.5 Å². The Hall–Kier alpha value is -1.40. The summed E-state index contributed by atoms with van der Waals surface area (Å²) < 4.78 is 0. The topological polar surface area (TPSA) is 64.1 Å². The summed E-state index contributed by atoms with van der Waals surface area (Å²) in [6.45, 7) is 9.63. The number of amides is 1. The highest BCUT2D eigenvalue weighted by Gasteiger charge is 2.42. The van der Waals surface area contributed by atoms with Crippen LogP contribution in [0.15, 0.2) is 12.7 Å². The maximum atomic E-state index is 12.6. The highest BCUT2D eigenvalue weighted by atomic mass is 16.4. The number of piperidine rings is 1. The summed E-state index contributed by atoms with van der Waals surface area (Å²) >= 11 is 0. The van der Waals surface area contributed by atoms with Crippen molar-refractivity contribution >= 4 is 11.9 Å². The summed E-state index contributed by atoms with van der Waals surface area (Å²) in [5, 5.41) is 9.61. The quantitative estimate of drug-likeness (QED) is 0.740. The molecule has 2 aliphatic rings. The number of likely N-dealkylation sites (tertiary alicyclic amines) is 1. The van der Waals surface area contributed by atoms with Crippen molar-refractivity contribution in [2.24, 2.45) is 5.41 Å². The molecule has 2 aliphatic heterocycles. The molecular formula is C18H31N3O3. The second-order valence-corrected chi connectivity index (χ2v) is 7.25. The molecule has 6 nitrogen and oxygen atoms in total. The number of carboxylic acid groups (broad SMARTS) is 1. The van der Waals surface area contributed by atoms with E-state index in [4.69, 9.17) is 0 Å². The molecule has 0 bridgehead atoms. The molecule has 6 heteroatoms. The summed E-state index contributed by atoms with van der Waals surface area (Å²) in [4.78, 5) is 30.7. The molecule has 1 N–H and O–H groups in total. The number of carbonyl (C=O) groups is 2. The second-order valence-electron chi connectivity index (χ2n) is 7.25. The van der Waals surface area contributed by atoms with Gasteiger partial charge in [0, 0.05) is 39.1 Å². The SMILES string of the molecule is C=CC[C@]1(C(=O)O)CCCN(C(=O)CCN2CCCN(C)CC2)C1. The van der Waals surface area contributed by atoms with E-state index in [1.54, 1.807) is 11.0 Å². The van der Waals surface area contributed by atoms with E-state index in [1.165, 1.54) is 0 Å². The van der Waals surface area contributed by atoms with Gasteiger partial charge >= 0.3 is 5.97 Å². The first-order chi connectivity index (χ1) is 11.5. The number of carbonyl (C=O) groups excluding carboxylic acids is 1. The molecule has 2 fully saturated rings. The lowest BCUT2D eigenvalue weighted by Gasteiger charge is -2.39. The smallest absolute Gasteiger partial charge is 0.311 e. The first-order valence-corrected chi connectivity index (χ1v) is 9.00. The molecule has 2 saturated heterocycles. The van der Waals surface area contributed by atoms with E-state index in [2.05, 4.69) is 23.4 Å². The Morgan fingerprint density at radius 2 is 1.96 bits per heavy atom. The van der Waals surface area contributed by atoms with Crippen molar-refractivity contribution in [2.75, 3.05) is 52.9 Å². The summed E-state index contributed by atoms with van der Waals surface area (Å²) in [7, 11) is 2.13. The number of rotatable bonds is 6. The van der Waals surface area contributed by atoms with Gasteiger partial charge in [0.05, 0.1) is 5.41 Å². The highest BCUT2D eigenvalue weighted by molar-refractivity contribution is 5.80. The molecule has 0 aromatic carbocycles. The van der Waals surface area contributed by atoms with Gasteiger partial charge in [0.25, 0.3) is 0 Å². The van der Waals surface area contributed by atoms with Gasteiger partial charge in [-0.15, -0.1) is 6.58 Å². The zero-order valence-electron chi connectivity index (χ0n) is 14.9. The second kappa shape index (κ2) is 8.62. The molecular weight excluding hydrogens is 306 g/mol. The fourth-order valence-corrected chi connectivity index (χ4v) is 3.78. The predicted molar refractivity (Wildman–Crippen MR) is 93.9 cm³/mol. The molecule has 136 valence electrons. The number of aliphatic carboxylic acids is 1. The lowest BCUT2D eigenvalue weighted by atomic mass is 9.77. The van der Waals surface area contributed by atoms with Gasteiger partial charge in [-0.1, -0.05) is 6.08 Å². The predicted octanol–water partition coefficient (Wildman–Crippen LogP) is 1.28. The molecule has 24 heavy (non-hydrogen) atoms. The van der Waals surface area contributed by atoms with Crippen LogP contribution in [0.2, 0.25) is 0 Å². The average molecular weight is 337 g/mol. The molecule has 0 unspecified atom stereocenters. The first-order valence-electron chi connectivity index (χ1n) is 9.00. The zero-order valence-corrected chi connectivity index (χ0v) is 14.9. The molecule has 2 rings (SSSR count). The fourth-order valence-electron chi connectivity index (χ4n) is 3.78. The Morgan fingerprint density at radius 3 is 2.67 bits per heavy atom. The van der Waals surface area contributed by atoms with Crippen LogP contribution < -0.4 is 0 Å². The Balaban J connectivity index is 1.87. The molecule has 0 aliphatic carbocycles. The maximum Gasteiger partial charge on any atom is 0.311 e. The largest absolute Gasteiger partial charge is 0.481 e. The van der Waals surface area contributed by atoms with Crippen molar-refractivity contribution in [1.82, 2.24) is 14.7 Å². The average Bonchev–Trinajstić information content (AvgIpc) is 2.77. The molecule has 2 heterocycles. The zero-order chi connectivity index (χ0) is 17.6. The van der Waals surface area contributed by atoms with Crippen LogP contribution in [0.25, 0.3) is 0 Å². The molecule has 0 saturated carbocycles. The van der Waals surface area contributed by atoms with Crippen LogP contribution in [0.5, 0.6) is 0 Å².